The Hall–Kier alpha value is -2.95. The van der Waals surface area contributed by atoms with Gasteiger partial charge in [-0.25, -0.2) is 4.68 Å². The van der Waals surface area contributed by atoms with E-state index in [2.05, 4.69) is 10.3 Å². The summed E-state index contributed by atoms with van der Waals surface area (Å²) in [5.41, 5.74) is 2.42. The lowest BCUT2D eigenvalue weighted by molar-refractivity contribution is 0.0724. The van der Waals surface area contributed by atoms with Gasteiger partial charge in [-0.15, -0.1) is 5.10 Å². The Morgan fingerprint density at radius 2 is 1.71 bits per heavy atom. The molecule has 1 aliphatic carbocycles. The Morgan fingerprint density at radius 3 is 2.38 bits per heavy atom. The minimum Gasteiger partial charge on any atom is -0.330 e. The third-order valence-electron chi connectivity index (χ3n) is 4.18. The third kappa shape index (κ3) is 3.06. The molecule has 1 fully saturated rings. The van der Waals surface area contributed by atoms with Crippen LogP contribution in [-0.4, -0.2) is 31.8 Å². The Labute approximate surface area is 140 Å². The van der Waals surface area contributed by atoms with Crippen LogP contribution >= 0.6 is 0 Å². The zero-order valence-electron chi connectivity index (χ0n) is 13.2. The summed E-state index contributed by atoms with van der Waals surface area (Å²) in [6.45, 7) is 0.614. The average molecular weight is 318 g/mol. The molecule has 0 spiro atoms. The number of hydrogen-bond donors (Lipinski definition) is 0. The lowest BCUT2D eigenvalue weighted by atomic mass is 10.2. The largest absolute Gasteiger partial charge is 0.330 e. The number of rotatable bonds is 5. The lowest BCUT2D eigenvalue weighted by Gasteiger charge is -2.21. The molecule has 1 aliphatic rings. The number of aromatic nitrogens is 3. The quantitative estimate of drug-likeness (QED) is 0.726. The molecule has 2 aromatic carbocycles. The van der Waals surface area contributed by atoms with Gasteiger partial charge in [-0.05, 0) is 30.5 Å². The van der Waals surface area contributed by atoms with Gasteiger partial charge in [0, 0.05) is 12.6 Å². The molecule has 5 heteroatoms. The molecule has 0 saturated heterocycles. The van der Waals surface area contributed by atoms with Gasteiger partial charge in [-0.3, -0.25) is 4.79 Å². The highest BCUT2D eigenvalue weighted by Gasteiger charge is 2.34. The Kier molecular flexibility index (Phi) is 3.83. The number of amides is 1. The summed E-state index contributed by atoms with van der Waals surface area (Å²) in [6.07, 6.45) is 3.83. The molecule has 3 aromatic rings. The van der Waals surface area contributed by atoms with Crippen LogP contribution < -0.4 is 0 Å². The van der Waals surface area contributed by atoms with Crippen LogP contribution in [0.15, 0.2) is 66.9 Å². The standard InChI is InChI=1S/C19H18N4O/c24-19(18-14-23(21-20-18)17-9-5-2-6-10-17)22(16-11-12-16)13-15-7-3-1-4-8-15/h1-10,14,16H,11-13H2. The Morgan fingerprint density at radius 1 is 1.04 bits per heavy atom. The lowest BCUT2D eigenvalue weighted by Crippen LogP contribution is -2.32. The summed E-state index contributed by atoms with van der Waals surface area (Å²) in [4.78, 5) is 14.8. The van der Waals surface area contributed by atoms with E-state index in [1.165, 1.54) is 0 Å². The molecule has 0 bridgehead atoms. The maximum atomic E-state index is 12.9. The fourth-order valence-electron chi connectivity index (χ4n) is 2.75. The van der Waals surface area contributed by atoms with Crippen LogP contribution in [0.5, 0.6) is 0 Å². The number of hydrogen-bond acceptors (Lipinski definition) is 3. The Balaban J connectivity index is 1.56. The fourth-order valence-corrected chi connectivity index (χ4v) is 2.75. The van der Waals surface area contributed by atoms with Gasteiger partial charge in [0.1, 0.15) is 0 Å². The van der Waals surface area contributed by atoms with Crippen molar-refractivity contribution >= 4 is 5.91 Å². The highest BCUT2D eigenvalue weighted by Crippen LogP contribution is 2.29. The van der Waals surface area contributed by atoms with Crippen molar-refractivity contribution in [2.45, 2.75) is 25.4 Å². The second kappa shape index (κ2) is 6.28. The normalized spacial score (nSPS) is 13.7. The molecule has 120 valence electrons. The first-order valence-electron chi connectivity index (χ1n) is 8.14. The number of carbonyl (C=O) groups excluding carboxylic acids is 1. The van der Waals surface area contributed by atoms with E-state index in [1.807, 2.05) is 65.6 Å². The van der Waals surface area contributed by atoms with Crippen LogP contribution in [0.4, 0.5) is 0 Å². The fraction of sp³-hybridized carbons (Fsp3) is 0.211. The van der Waals surface area contributed by atoms with Gasteiger partial charge in [0.15, 0.2) is 5.69 Å². The zero-order valence-corrected chi connectivity index (χ0v) is 13.2. The molecular weight excluding hydrogens is 300 g/mol. The number of nitrogens with zero attached hydrogens (tertiary/aromatic N) is 4. The molecule has 5 nitrogen and oxygen atoms in total. The third-order valence-corrected chi connectivity index (χ3v) is 4.18. The van der Waals surface area contributed by atoms with Crippen LogP contribution in [0.3, 0.4) is 0 Å². The van der Waals surface area contributed by atoms with Gasteiger partial charge in [-0.1, -0.05) is 53.7 Å². The summed E-state index contributed by atoms with van der Waals surface area (Å²) in [6, 6.07) is 20.1. The van der Waals surface area contributed by atoms with Crippen LogP contribution in [0.25, 0.3) is 5.69 Å². The summed E-state index contributed by atoms with van der Waals surface area (Å²) < 4.78 is 1.64. The van der Waals surface area contributed by atoms with Crippen molar-refractivity contribution in [1.82, 2.24) is 19.9 Å². The van der Waals surface area contributed by atoms with Crippen molar-refractivity contribution < 1.29 is 4.79 Å². The van der Waals surface area contributed by atoms with Gasteiger partial charge in [0.2, 0.25) is 0 Å². The SMILES string of the molecule is O=C(c1cn(-c2ccccc2)nn1)N(Cc1ccccc1)C1CC1. The average Bonchev–Trinajstić information content (AvgIpc) is 3.36. The maximum Gasteiger partial charge on any atom is 0.276 e. The van der Waals surface area contributed by atoms with Gasteiger partial charge in [0.25, 0.3) is 5.91 Å². The van der Waals surface area contributed by atoms with Gasteiger partial charge in [-0.2, -0.15) is 0 Å². The van der Waals surface area contributed by atoms with E-state index >= 15 is 0 Å². The van der Waals surface area contributed by atoms with Crippen molar-refractivity contribution in [2.75, 3.05) is 0 Å². The molecule has 24 heavy (non-hydrogen) atoms. The second-order valence-electron chi connectivity index (χ2n) is 6.03. The highest BCUT2D eigenvalue weighted by molar-refractivity contribution is 5.92. The van der Waals surface area contributed by atoms with E-state index in [1.54, 1.807) is 10.9 Å². The monoisotopic (exact) mass is 318 g/mol. The van der Waals surface area contributed by atoms with Crippen LogP contribution in [0.2, 0.25) is 0 Å². The van der Waals surface area contributed by atoms with Crippen LogP contribution in [-0.2, 0) is 6.54 Å². The molecule has 0 unspecified atom stereocenters. The van der Waals surface area contributed by atoms with E-state index < -0.39 is 0 Å². The molecule has 0 N–H and O–H groups in total. The van der Waals surface area contributed by atoms with Crippen LogP contribution in [0, 0.1) is 0 Å². The van der Waals surface area contributed by atoms with Crippen molar-refractivity contribution in [1.29, 1.82) is 0 Å². The van der Waals surface area contributed by atoms with E-state index in [-0.39, 0.29) is 5.91 Å². The topological polar surface area (TPSA) is 51.0 Å². The maximum absolute atomic E-state index is 12.9. The number of para-hydroxylation sites is 1. The van der Waals surface area contributed by atoms with E-state index in [9.17, 15) is 4.79 Å². The summed E-state index contributed by atoms with van der Waals surface area (Å²) in [5.74, 6) is -0.0523. The van der Waals surface area contributed by atoms with Crippen LogP contribution in [0.1, 0.15) is 28.9 Å². The molecule has 1 aromatic heterocycles. The first-order valence-corrected chi connectivity index (χ1v) is 8.14. The molecule has 0 atom stereocenters. The van der Waals surface area contributed by atoms with E-state index in [4.69, 9.17) is 0 Å². The predicted molar refractivity (Wildman–Crippen MR) is 90.7 cm³/mol. The molecule has 1 saturated carbocycles. The van der Waals surface area contributed by atoms with E-state index in [0.717, 1.165) is 24.1 Å². The smallest absolute Gasteiger partial charge is 0.276 e. The summed E-state index contributed by atoms with van der Waals surface area (Å²) >= 11 is 0. The first kappa shape index (κ1) is 14.6. The molecule has 1 amide bonds. The van der Waals surface area contributed by atoms with Crippen molar-refractivity contribution in [3.63, 3.8) is 0 Å². The summed E-state index contributed by atoms with van der Waals surface area (Å²) in [7, 11) is 0. The van der Waals surface area contributed by atoms with Crippen molar-refractivity contribution in [2.24, 2.45) is 0 Å². The van der Waals surface area contributed by atoms with Crippen molar-refractivity contribution in [3.8, 4) is 5.69 Å². The molecule has 0 radical (unpaired) electrons. The van der Waals surface area contributed by atoms with Gasteiger partial charge >= 0.3 is 0 Å². The molecule has 1 heterocycles. The minimum atomic E-state index is -0.0523. The number of carbonyl (C=O) groups is 1. The second-order valence-corrected chi connectivity index (χ2v) is 6.03. The Bertz CT molecular complexity index is 825. The molecule has 0 aliphatic heterocycles. The van der Waals surface area contributed by atoms with Crippen molar-refractivity contribution in [3.05, 3.63) is 78.1 Å². The molecular formula is C19H18N4O. The van der Waals surface area contributed by atoms with E-state index in [0.29, 0.717) is 18.3 Å². The zero-order chi connectivity index (χ0) is 16.4. The molecule has 4 rings (SSSR count). The first-order chi connectivity index (χ1) is 11.8. The predicted octanol–water partition coefficient (Wildman–Crippen LogP) is 3.07. The number of benzene rings is 2. The summed E-state index contributed by atoms with van der Waals surface area (Å²) in [5, 5.41) is 8.18. The minimum absolute atomic E-state index is 0.0523. The van der Waals surface area contributed by atoms with Gasteiger partial charge < -0.3 is 4.90 Å². The van der Waals surface area contributed by atoms with Gasteiger partial charge in [0.05, 0.1) is 11.9 Å². The highest BCUT2D eigenvalue weighted by atomic mass is 16.2.